The maximum Gasteiger partial charge on any atom is 0.311 e. The normalized spacial score (nSPS) is 16.5. The number of ether oxygens (including phenoxy) is 1. The first-order valence-electron chi connectivity index (χ1n) is 9.00. The Morgan fingerprint density at radius 2 is 1.78 bits per heavy atom. The van der Waals surface area contributed by atoms with Crippen molar-refractivity contribution in [2.24, 2.45) is 5.92 Å². The summed E-state index contributed by atoms with van der Waals surface area (Å²) in [5, 5.41) is 0. The Kier molecular flexibility index (Phi) is 5.40. The van der Waals surface area contributed by atoms with Crippen LogP contribution in [0.4, 0.5) is 5.69 Å². The molecule has 1 saturated heterocycles. The lowest BCUT2D eigenvalue weighted by molar-refractivity contribution is -0.147. The topological polar surface area (TPSA) is 63.7 Å². The van der Waals surface area contributed by atoms with Gasteiger partial charge < -0.3 is 9.64 Å². The maximum atomic E-state index is 12.4. The van der Waals surface area contributed by atoms with Gasteiger partial charge in [0.15, 0.2) is 12.4 Å². The van der Waals surface area contributed by atoms with Crippen molar-refractivity contribution in [3.8, 4) is 0 Å². The zero-order chi connectivity index (χ0) is 19.6. The lowest BCUT2D eigenvalue weighted by Gasteiger charge is -2.18. The fourth-order valence-corrected chi connectivity index (χ4v) is 3.22. The van der Waals surface area contributed by atoms with E-state index in [-0.39, 0.29) is 31.3 Å². The second kappa shape index (κ2) is 7.74. The van der Waals surface area contributed by atoms with Crippen LogP contribution < -0.4 is 4.90 Å². The molecule has 0 saturated carbocycles. The van der Waals surface area contributed by atoms with Crippen LogP contribution in [0.25, 0.3) is 0 Å². The molecule has 1 fully saturated rings. The number of benzene rings is 2. The Morgan fingerprint density at radius 3 is 2.48 bits per heavy atom. The van der Waals surface area contributed by atoms with E-state index in [9.17, 15) is 14.4 Å². The number of anilines is 1. The Labute approximate surface area is 158 Å². The van der Waals surface area contributed by atoms with Gasteiger partial charge in [-0.2, -0.15) is 0 Å². The molecule has 0 aliphatic carbocycles. The van der Waals surface area contributed by atoms with Gasteiger partial charge in [0.2, 0.25) is 5.91 Å². The van der Waals surface area contributed by atoms with Crippen molar-refractivity contribution in [2.75, 3.05) is 18.1 Å². The first-order valence-corrected chi connectivity index (χ1v) is 9.00. The molecule has 0 unspecified atom stereocenters. The SMILES string of the molecule is Cc1ccc(C(=O)COC(=O)[C@@H]2CC(=O)N(c3ccccc3C)C2)cc1C. The zero-order valence-electron chi connectivity index (χ0n) is 15.8. The largest absolute Gasteiger partial charge is 0.457 e. The van der Waals surface area contributed by atoms with Gasteiger partial charge in [-0.3, -0.25) is 14.4 Å². The second-order valence-electron chi connectivity index (χ2n) is 7.02. The van der Waals surface area contributed by atoms with Crippen LogP contribution in [0.1, 0.15) is 33.5 Å². The van der Waals surface area contributed by atoms with E-state index in [4.69, 9.17) is 4.74 Å². The van der Waals surface area contributed by atoms with Gasteiger partial charge in [-0.1, -0.05) is 30.3 Å². The van der Waals surface area contributed by atoms with Crippen LogP contribution in [0.2, 0.25) is 0 Å². The quantitative estimate of drug-likeness (QED) is 0.602. The Hall–Kier alpha value is -2.95. The molecule has 2 aromatic rings. The summed E-state index contributed by atoms with van der Waals surface area (Å²) >= 11 is 0. The molecule has 1 aliphatic rings. The van der Waals surface area contributed by atoms with Crippen LogP contribution in [-0.2, 0) is 14.3 Å². The molecule has 1 amide bonds. The van der Waals surface area contributed by atoms with Crippen LogP contribution in [-0.4, -0.2) is 30.8 Å². The van der Waals surface area contributed by atoms with Gasteiger partial charge in [0.05, 0.1) is 5.92 Å². The number of hydrogen-bond donors (Lipinski definition) is 0. The summed E-state index contributed by atoms with van der Waals surface area (Å²) in [7, 11) is 0. The molecule has 27 heavy (non-hydrogen) atoms. The van der Waals surface area contributed by atoms with E-state index in [2.05, 4.69) is 0 Å². The molecule has 0 aromatic heterocycles. The summed E-state index contributed by atoms with van der Waals surface area (Å²) in [6.45, 7) is 5.80. The van der Waals surface area contributed by atoms with Gasteiger partial charge in [0.25, 0.3) is 0 Å². The molecule has 3 rings (SSSR count). The number of rotatable bonds is 5. The molecule has 0 N–H and O–H groups in total. The molecule has 2 aromatic carbocycles. The molecule has 5 nitrogen and oxygen atoms in total. The monoisotopic (exact) mass is 365 g/mol. The highest BCUT2D eigenvalue weighted by Gasteiger charge is 2.36. The van der Waals surface area contributed by atoms with Gasteiger partial charge >= 0.3 is 5.97 Å². The molecule has 0 spiro atoms. The van der Waals surface area contributed by atoms with E-state index in [0.717, 1.165) is 22.4 Å². The van der Waals surface area contributed by atoms with Crippen molar-refractivity contribution in [2.45, 2.75) is 27.2 Å². The van der Waals surface area contributed by atoms with Gasteiger partial charge in [-0.05, 0) is 49.6 Å². The minimum Gasteiger partial charge on any atom is -0.457 e. The van der Waals surface area contributed by atoms with Crippen molar-refractivity contribution < 1.29 is 19.1 Å². The number of ketones is 1. The van der Waals surface area contributed by atoms with E-state index >= 15 is 0 Å². The van der Waals surface area contributed by atoms with Crippen LogP contribution in [0.5, 0.6) is 0 Å². The smallest absolute Gasteiger partial charge is 0.311 e. The number of carbonyl (C=O) groups excluding carboxylic acids is 3. The fourth-order valence-electron chi connectivity index (χ4n) is 3.22. The van der Waals surface area contributed by atoms with Gasteiger partial charge in [-0.25, -0.2) is 0 Å². The number of hydrogen-bond acceptors (Lipinski definition) is 4. The van der Waals surface area contributed by atoms with E-state index in [1.165, 1.54) is 0 Å². The number of aryl methyl sites for hydroxylation is 3. The van der Waals surface area contributed by atoms with Gasteiger partial charge in [-0.15, -0.1) is 0 Å². The van der Waals surface area contributed by atoms with Gasteiger partial charge in [0.1, 0.15) is 0 Å². The van der Waals surface area contributed by atoms with Gasteiger partial charge in [0, 0.05) is 24.2 Å². The predicted octanol–water partition coefficient (Wildman–Crippen LogP) is 3.39. The highest BCUT2D eigenvalue weighted by molar-refractivity contribution is 6.01. The van der Waals surface area contributed by atoms with Crippen molar-refractivity contribution in [1.29, 1.82) is 0 Å². The first kappa shape index (κ1) is 18.8. The third-order valence-corrected chi connectivity index (χ3v) is 5.04. The van der Waals surface area contributed by atoms with Crippen molar-refractivity contribution >= 4 is 23.3 Å². The number of esters is 1. The minimum atomic E-state index is -0.551. The van der Waals surface area contributed by atoms with Crippen molar-refractivity contribution in [1.82, 2.24) is 0 Å². The standard InChI is InChI=1S/C22H23NO4/c1-14-8-9-17(10-16(14)3)20(24)13-27-22(26)18-11-21(25)23(12-18)19-7-5-4-6-15(19)2/h4-10,18H,11-13H2,1-3H3/t18-/m1/s1. The highest BCUT2D eigenvalue weighted by atomic mass is 16.5. The molecule has 5 heteroatoms. The fraction of sp³-hybridized carbons (Fsp3) is 0.318. The summed E-state index contributed by atoms with van der Waals surface area (Å²) in [6.07, 6.45) is 0.102. The third-order valence-electron chi connectivity index (χ3n) is 5.04. The molecule has 1 atom stereocenters. The number of carbonyl (C=O) groups is 3. The molecular formula is C22H23NO4. The Balaban J connectivity index is 1.60. The first-order chi connectivity index (χ1) is 12.9. The molecule has 1 heterocycles. The summed E-state index contributed by atoms with van der Waals surface area (Å²) in [6, 6.07) is 13.0. The zero-order valence-corrected chi connectivity index (χ0v) is 15.8. The summed E-state index contributed by atoms with van der Waals surface area (Å²) < 4.78 is 5.21. The number of para-hydroxylation sites is 1. The number of nitrogens with zero attached hydrogens (tertiary/aromatic N) is 1. The Morgan fingerprint density at radius 1 is 1.04 bits per heavy atom. The highest BCUT2D eigenvalue weighted by Crippen LogP contribution is 2.28. The molecule has 140 valence electrons. The summed E-state index contributed by atoms with van der Waals surface area (Å²) in [5.41, 5.74) is 4.43. The van der Waals surface area contributed by atoms with E-state index in [1.54, 1.807) is 17.0 Å². The average molecular weight is 365 g/mol. The summed E-state index contributed by atoms with van der Waals surface area (Å²) in [5.74, 6) is -1.40. The lowest BCUT2D eigenvalue weighted by atomic mass is 10.0. The molecule has 0 radical (unpaired) electrons. The molecule has 1 aliphatic heterocycles. The maximum absolute atomic E-state index is 12.4. The van der Waals surface area contributed by atoms with E-state index in [1.807, 2.05) is 51.1 Å². The van der Waals surface area contributed by atoms with E-state index < -0.39 is 11.9 Å². The molecular weight excluding hydrogens is 342 g/mol. The van der Waals surface area contributed by atoms with Crippen LogP contribution in [0.15, 0.2) is 42.5 Å². The number of Topliss-reactive ketones (excluding diaryl/α,β-unsaturated/α-hetero) is 1. The lowest BCUT2D eigenvalue weighted by Crippen LogP contribution is -2.27. The van der Waals surface area contributed by atoms with Crippen LogP contribution in [0.3, 0.4) is 0 Å². The molecule has 0 bridgehead atoms. The predicted molar refractivity (Wildman–Crippen MR) is 103 cm³/mol. The minimum absolute atomic E-state index is 0.102. The van der Waals surface area contributed by atoms with Crippen molar-refractivity contribution in [3.05, 3.63) is 64.7 Å². The second-order valence-corrected chi connectivity index (χ2v) is 7.02. The Bertz CT molecular complexity index is 903. The average Bonchev–Trinajstić information content (AvgIpc) is 3.03. The number of amides is 1. The third kappa shape index (κ3) is 4.08. The van der Waals surface area contributed by atoms with E-state index in [0.29, 0.717) is 5.56 Å². The van der Waals surface area contributed by atoms with Crippen LogP contribution in [0, 0.1) is 26.7 Å². The van der Waals surface area contributed by atoms with Crippen molar-refractivity contribution in [3.63, 3.8) is 0 Å². The summed E-state index contributed by atoms with van der Waals surface area (Å²) in [4.78, 5) is 38.6. The van der Waals surface area contributed by atoms with Crippen LogP contribution >= 0.6 is 0 Å².